The molecule has 0 atom stereocenters. The third-order valence-electron chi connectivity index (χ3n) is 1.07. The van der Waals surface area contributed by atoms with Gasteiger partial charge in [-0.1, -0.05) is 5.92 Å². The molecular weight excluding hydrogens is 100 g/mol. The van der Waals surface area contributed by atoms with Crippen LogP contribution in [0.5, 0.6) is 0 Å². The molecule has 0 heterocycles. The molecule has 1 nitrogen and oxygen atoms in total. The molecule has 0 rings (SSSR count). The Labute approximate surface area is 51.0 Å². The van der Waals surface area contributed by atoms with Gasteiger partial charge in [-0.25, -0.2) is 0 Å². The van der Waals surface area contributed by atoms with Gasteiger partial charge in [-0.3, -0.25) is 0 Å². The Hall–Kier alpha value is -0.480. The Balaban J connectivity index is 3.58. The highest BCUT2D eigenvalue weighted by molar-refractivity contribution is 4.86. The standard InChI is InChI=1S/C7H11O/c1-5-6-7(2,3)8-4/h6H2,2-4H3. The first-order valence-electron chi connectivity index (χ1n) is 2.57. The van der Waals surface area contributed by atoms with Gasteiger partial charge in [0, 0.05) is 13.5 Å². The highest BCUT2D eigenvalue weighted by Gasteiger charge is 2.12. The number of hydrogen-bond donors (Lipinski definition) is 0. The summed E-state index contributed by atoms with van der Waals surface area (Å²) < 4.78 is 5.00. The maximum atomic E-state index is 6.63. The van der Waals surface area contributed by atoms with Crippen LogP contribution in [-0.2, 0) is 4.74 Å². The molecule has 0 N–H and O–H groups in total. The van der Waals surface area contributed by atoms with Crippen LogP contribution in [0.4, 0.5) is 0 Å². The quantitative estimate of drug-likeness (QED) is 0.489. The molecule has 45 valence electrons. The fourth-order valence-electron chi connectivity index (χ4n) is 0.285. The van der Waals surface area contributed by atoms with Crippen molar-refractivity contribution in [3.05, 3.63) is 6.42 Å². The summed E-state index contributed by atoms with van der Waals surface area (Å²) in [7, 11) is 1.64. The Morgan fingerprint density at radius 3 is 2.25 bits per heavy atom. The highest BCUT2D eigenvalue weighted by atomic mass is 16.5. The van der Waals surface area contributed by atoms with E-state index in [2.05, 4.69) is 5.92 Å². The zero-order valence-corrected chi connectivity index (χ0v) is 5.62. The molecule has 0 spiro atoms. The summed E-state index contributed by atoms with van der Waals surface area (Å²) in [4.78, 5) is 0. The number of hydrogen-bond acceptors (Lipinski definition) is 1. The lowest BCUT2D eigenvalue weighted by Crippen LogP contribution is -2.20. The first kappa shape index (κ1) is 7.52. The smallest absolute Gasteiger partial charge is 0.0731 e. The van der Waals surface area contributed by atoms with Crippen molar-refractivity contribution in [2.24, 2.45) is 0 Å². The maximum Gasteiger partial charge on any atom is 0.0731 e. The van der Waals surface area contributed by atoms with Crippen molar-refractivity contribution in [1.29, 1.82) is 0 Å². The summed E-state index contributed by atoms with van der Waals surface area (Å²) in [5.41, 5.74) is -0.207. The van der Waals surface area contributed by atoms with E-state index in [4.69, 9.17) is 11.2 Å². The zero-order chi connectivity index (χ0) is 6.62. The Kier molecular flexibility index (Phi) is 2.57. The van der Waals surface area contributed by atoms with Gasteiger partial charge < -0.3 is 4.74 Å². The van der Waals surface area contributed by atoms with E-state index in [9.17, 15) is 0 Å². The summed E-state index contributed by atoms with van der Waals surface area (Å²) in [5, 5.41) is 0. The minimum Gasteiger partial charge on any atom is -0.378 e. The number of rotatable bonds is 2. The van der Waals surface area contributed by atoms with Gasteiger partial charge in [0.05, 0.1) is 5.60 Å². The maximum absolute atomic E-state index is 6.63. The van der Waals surface area contributed by atoms with Crippen LogP contribution in [0.2, 0.25) is 0 Å². The fourth-order valence-corrected chi connectivity index (χ4v) is 0.285. The predicted molar refractivity (Wildman–Crippen MR) is 32.8 cm³/mol. The summed E-state index contributed by atoms with van der Waals surface area (Å²) in [6.07, 6.45) is 7.19. The van der Waals surface area contributed by atoms with Crippen LogP contribution in [0.25, 0.3) is 0 Å². The number of ether oxygens (including phenoxy) is 1. The van der Waals surface area contributed by atoms with Crippen molar-refractivity contribution < 1.29 is 4.74 Å². The van der Waals surface area contributed by atoms with Gasteiger partial charge in [0.2, 0.25) is 0 Å². The normalized spacial score (nSPS) is 10.8. The molecule has 0 aliphatic heterocycles. The molecule has 0 saturated heterocycles. The van der Waals surface area contributed by atoms with E-state index in [-0.39, 0.29) is 5.60 Å². The molecule has 0 aromatic carbocycles. The van der Waals surface area contributed by atoms with Crippen LogP contribution in [0.1, 0.15) is 20.3 Å². The van der Waals surface area contributed by atoms with Crippen LogP contribution >= 0.6 is 0 Å². The Morgan fingerprint density at radius 2 is 2.12 bits per heavy atom. The second-order valence-electron chi connectivity index (χ2n) is 2.32. The second kappa shape index (κ2) is 2.74. The lowest BCUT2D eigenvalue weighted by atomic mass is 10.1. The summed E-state index contributed by atoms with van der Waals surface area (Å²) in [6, 6.07) is 0. The lowest BCUT2D eigenvalue weighted by Gasteiger charge is -2.18. The van der Waals surface area contributed by atoms with Gasteiger partial charge in [-0.2, -0.15) is 0 Å². The lowest BCUT2D eigenvalue weighted by molar-refractivity contribution is 0.0273. The summed E-state index contributed by atoms with van der Waals surface area (Å²) >= 11 is 0. The fraction of sp³-hybridized carbons (Fsp3) is 0.714. The van der Waals surface area contributed by atoms with Gasteiger partial charge in [-0.15, -0.1) is 0 Å². The highest BCUT2D eigenvalue weighted by Crippen LogP contribution is 2.10. The molecule has 0 aliphatic rings. The van der Waals surface area contributed by atoms with Crippen LogP contribution in [0.15, 0.2) is 0 Å². The van der Waals surface area contributed by atoms with Gasteiger partial charge in [-0.05, 0) is 20.3 Å². The number of methoxy groups -OCH3 is 1. The van der Waals surface area contributed by atoms with Gasteiger partial charge in [0.1, 0.15) is 0 Å². The molecule has 0 aromatic rings. The van der Waals surface area contributed by atoms with Crippen molar-refractivity contribution in [2.75, 3.05) is 7.11 Å². The van der Waals surface area contributed by atoms with Crippen LogP contribution in [-0.4, -0.2) is 12.7 Å². The van der Waals surface area contributed by atoms with E-state index in [1.807, 2.05) is 13.8 Å². The van der Waals surface area contributed by atoms with Gasteiger partial charge in [0.25, 0.3) is 0 Å². The molecule has 0 aromatic heterocycles. The van der Waals surface area contributed by atoms with E-state index < -0.39 is 0 Å². The van der Waals surface area contributed by atoms with E-state index in [0.29, 0.717) is 6.42 Å². The van der Waals surface area contributed by atoms with E-state index >= 15 is 0 Å². The van der Waals surface area contributed by atoms with Gasteiger partial charge in [0.15, 0.2) is 0 Å². The Bertz CT molecular complexity index is 97.4. The molecule has 0 fully saturated rings. The molecular formula is C7H11O. The summed E-state index contributed by atoms with van der Waals surface area (Å²) in [6.45, 7) is 3.85. The predicted octanol–water partition coefficient (Wildman–Crippen LogP) is 1.39. The van der Waals surface area contributed by atoms with Gasteiger partial charge >= 0.3 is 0 Å². The average molecular weight is 111 g/mol. The minimum absolute atomic E-state index is 0.207. The average Bonchev–Trinajstić information content (AvgIpc) is 1.67. The first-order chi connectivity index (χ1) is 3.62. The third kappa shape index (κ3) is 2.65. The molecule has 1 heteroatoms. The largest absolute Gasteiger partial charge is 0.378 e. The van der Waals surface area contributed by atoms with Crippen molar-refractivity contribution in [2.45, 2.75) is 25.9 Å². The SMILES string of the molecule is [C]#CCC(C)(C)OC. The van der Waals surface area contributed by atoms with Crippen molar-refractivity contribution >= 4 is 0 Å². The minimum atomic E-state index is -0.207. The van der Waals surface area contributed by atoms with Crippen molar-refractivity contribution in [3.8, 4) is 5.92 Å². The molecule has 0 saturated carbocycles. The van der Waals surface area contributed by atoms with Crippen molar-refractivity contribution in [1.82, 2.24) is 0 Å². The molecule has 0 unspecified atom stereocenters. The van der Waals surface area contributed by atoms with Crippen LogP contribution < -0.4 is 0 Å². The first-order valence-corrected chi connectivity index (χ1v) is 2.57. The summed E-state index contributed by atoms with van der Waals surface area (Å²) in [5.74, 6) is 2.28. The molecule has 0 bridgehead atoms. The topological polar surface area (TPSA) is 9.23 Å². The van der Waals surface area contributed by atoms with E-state index in [1.54, 1.807) is 7.11 Å². The Morgan fingerprint density at radius 1 is 1.62 bits per heavy atom. The van der Waals surface area contributed by atoms with Crippen molar-refractivity contribution in [3.63, 3.8) is 0 Å². The third-order valence-corrected chi connectivity index (χ3v) is 1.07. The monoisotopic (exact) mass is 111 g/mol. The molecule has 8 heavy (non-hydrogen) atoms. The van der Waals surface area contributed by atoms with Crippen LogP contribution in [0, 0.1) is 12.3 Å². The molecule has 0 aliphatic carbocycles. The zero-order valence-electron chi connectivity index (χ0n) is 5.62. The second-order valence-corrected chi connectivity index (χ2v) is 2.32. The van der Waals surface area contributed by atoms with Crippen LogP contribution in [0.3, 0.4) is 0 Å². The van der Waals surface area contributed by atoms with E-state index in [1.165, 1.54) is 0 Å². The molecule has 1 radical (unpaired) electrons. The van der Waals surface area contributed by atoms with E-state index in [0.717, 1.165) is 0 Å². The molecule has 0 amide bonds.